The molecule has 0 radical (unpaired) electrons. The smallest absolute Gasteiger partial charge is 0.311 e. The fraction of sp³-hybridized carbons (Fsp3) is 0. The van der Waals surface area contributed by atoms with Gasteiger partial charge in [0.25, 0.3) is 0 Å². The fourth-order valence-electron chi connectivity index (χ4n) is 1.39. The third-order valence-electron chi connectivity index (χ3n) is 2.24. The molecule has 94 valence electrons. The van der Waals surface area contributed by atoms with Gasteiger partial charge in [-0.05, 0) is 12.1 Å². The number of nitrogens with zero attached hydrogens (tertiary/aromatic N) is 3. The highest BCUT2D eigenvalue weighted by Crippen LogP contribution is 2.34. The number of aromatic nitrogens is 1. The minimum Gasteiger partial charge on any atom is -0.447 e. The lowest BCUT2D eigenvalue weighted by Crippen LogP contribution is -1.95. The van der Waals surface area contributed by atoms with Gasteiger partial charge < -0.3 is 4.74 Å². The first kappa shape index (κ1) is 12.8. The number of nitro groups is 1. The molecule has 1 aromatic carbocycles. The Morgan fingerprint density at radius 3 is 2.84 bits per heavy atom. The van der Waals surface area contributed by atoms with E-state index in [0.717, 1.165) is 0 Å². The van der Waals surface area contributed by atoms with Crippen LogP contribution in [0.15, 0.2) is 36.7 Å². The van der Waals surface area contributed by atoms with Crippen molar-refractivity contribution in [3.8, 4) is 17.6 Å². The lowest BCUT2D eigenvalue weighted by molar-refractivity contribution is -0.385. The molecule has 0 amide bonds. The molecule has 0 aliphatic heterocycles. The van der Waals surface area contributed by atoms with Crippen LogP contribution in [0.25, 0.3) is 0 Å². The molecule has 0 aliphatic carbocycles. The Labute approximate surface area is 113 Å². The van der Waals surface area contributed by atoms with Crippen molar-refractivity contribution in [2.75, 3.05) is 0 Å². The van der Waals surface area contributed by atoms with Gasteiger partial charge >= 0.3 is 5.69 Å². The molecule has 0 unspecified atom stereocenters. The number of rotatable bonds is 3. The summed E-state index contributed by atoms with van der Waals surface area (Å²) in [7, 11) is 0. The van der Waals surface area contributed by atoms with Crippen LogP contribution in [0.2, 0.25) is 5.02 Å². The normalized spacial score (nSPS) is 9.68. The fourth-order valence-corrected chi connectivity index (χ4v) is 1.55. The highest BCUT2D eigenvalue weighted by Gasteiger charge is 2.17. The largest absolute Gasteiger partial charge is 0.447 e. The summed E-state index contributed by atoms with van der Waals surface area (Å²) in [6, 6.07) is 7.30. The van der Waals surface area contributed by atoms with Crippen molar-refractivity contribution in [3.05, 3.63) is 57.4 Å². The number of nitro benzene ring substituents is 1. The molecule has 0 aliphatic rings. The van der Waals surface area contributed by atoms with Crippen LogP contribution in [-0.4, -0.2) is 9.91 Å². The van der Waals surface area contributed by atoms with Gasteiger partial charge in [0.1, 0.15) is 6.07 Å². The first-order valence-corrected chi connectivity index (χ1v) is 5.45. The van der Waals surface area contributed by atoms with E-state index in [0.29, 0.717) is 5.02 Å². The molecule has 6 nitrogen and oxygen atoms in total. The average molecular weight is 276 g/mol. The van der Waals surface area contributed by atoms with E-state index in [1.54, 1.807) is 0 Å². The van der Waals surface area contributed by atoms with Crippen LogP contribution in [0.4, 0.5) is 5.69 Å². The van der Waals surface area contributed by atoms with Gasteiger partial charge in [-0.3, -0.25) is 15.1 Å². The van der Waals surface area contributed by atoms with Gasteiger partial charge in [0.05, 0.1) is 16.7 Å². The van der Waals surface area contributed by atoms with Gasteiger partial charge in [-0.15, -0.1) is 0 Å². The highest BCUT2D eigenvalue weighted by molar-refractivity contribution is 6.30. The topological polar surface area (TPSA) is 89.0 Å². The molecule has 1 aromatic heterocycles. The van der Waals surface area contributed by atoms with Crippen molar-refractivity contribution >= 4 is 17.3 Å². The van der Waals surface area contributed by atoms with Crippen LogP contribution < -0.4 is 4.74 Å². The highest BCUT2D eigenvalue weighted by atomic mass is 35.5. The second-order valence-corrected chi connectivity index (χ2v) is 3.89. The molecule has 0 atom stereocenters. The van der Waals surface area contributed by atoms with Crippen LogP contribution in [0.3, 0.4) is 0 Å². The summed E-state index contributed by atoms with van der Waals surface area (Å²) < 4.78 is 5.36. The molecule has 2 aromatic rings. The van der Waals surface area contributed by atoms with Crippen molar-refractivity contribution < 1.29 is 9.66 Å². The summed E-state index contributed by atoms with van der Waals surface area (Å²) in [5, 5.41) is 20.1. The molecule has 0 spiro atoms. The monoisotopic (exact) mass is 275 g/mol. The van der Waals surface area contributed by atoms with Crippen LogP contribution in [-0.2, 0) is 0 Å². The molecule has 19 heavy (non-hydrogen) atoms. The Morgan fingerprint density at radius 2 is 2.16 bits per heavy atom. The molecule has 0 saturated carbocycles. The number of hydrogen-bond acceptors (Lipinski definition) is 5. The molecule has 0 bridgehead atoms. The van der Waals surface area contributed by atoms with E-state index in [9.17, 15) is 10.1 Å². The van der Waals surface area contributed by atoms with Crippen LogP contribution in [0.1, 0.15) is 5.56 Å². The van der Waals surface area contributed by atoms with Crippen molar-refractivity contribution in [2.45, 2.75) is 0 Å². The predicted molar refractivity (Wildman–Crippen MR) is 67.1 cm³/mol. The van der Waals surface area contributed by atoms with Crippen molar-refractivity contribution in [3.63, 3.8) is 0 Å². The van der Waals surface area contributed by atoms with E-state index in [1.165, 1.54) is 36.7 Å². The maximum Gasteiger partial charge on any atom is 0.311 e. The van der Waals surface area contributed by atoms with Gasteiger partial charge in [-0.25, -0.2) is 0 Å². The van der Waals surface area contributed by atoms with Gasteiger partial charge in [0.2, 0.25) is 5.75 Å². The first-order valence-electron chi connectivity index (χ1n) is 5.07. The van der Waals surface area contributed by atoms with E-state index < -0.39 is 4.92 Å². The number of nitriles is 1. The van der Waals surface area contributed by atoms with Gasteiger partial charge in [0, 0.05) is 23.4 Å². The number of halogens is 1. The minimum atomic E-state index is -0.589. The molecule has 0 N–H and O–H groups in total. The van der Waals surface area contributed by atoms with Gasteiger partial charge in [-0.1, -0.05) is 11.6 Å². The summed E-state index contributed by atoms with van der Waals surface area (Å²) in [5.41, 5.74) is -0.0126. The molecular weight excluding hydrogens is 270 g/mol. The molecule has 1 heterocycles. The SMILES string of the molecule is N#Cc1ccncc1Oc1cc(Cl)ccc1[N+](=O)[O-]. The number of pyridine rings is 1. The van der Waals surface area contributed by atoms with Crippen LogP contribution in [0.5, 0.6) is 11.5 Å². The van der Waals surface area contributed by atoms with E-state index in [4.69, 9.17) is 21.6 Å². The predicted octanol–water partition coefficient (Wildman–Crippen LogP) is 3.31. The second-order valence-electron chi connectivity index (χ2n) is 3.45. The Kier molecular flexibility index (Phi) is 3.59. The zero-order valence-corrected chi connectivity index (χ0v) is 10.2. The minimum absolute atomic E-state index is 0.0398. The zero-order valence-electron chi connectivity index (χ0n) is 9.41. The Balaban J connectivity index is 2.46. The summed E-state index contributed by atoms with van der Waals surface area (Å²) in [6.07, 6.45) is 2.74. The zero-order chi connectivity index (χ0) is 13.8. The second kappa shape index (κ2) is 5.33. The van der Waals surface area contributed by atoms with E-state index in [2.05, 4.69) is 4.98 Å². The van der Waals surface area contributed by atoms with E-state index in [1.807, 2.05) is 6.07 Å². The van der Waals surface area contributed by atoms with Crippen molar-refractivity contribution in [1.82, 2.24) is 4.98 Å². The summed E-state index contributed by atoms with van der Waals surface area (Å²) >= 11 is 5.78. The Hall–Kier alpha value is -2.65. The summed E-state index contributed by atoms with van der Waals surface area (Å²) in [6.45, 7) is 0. The van der Waals surface area contributed by atoms with E-state index in [-0.39, 0.29) is 22.7 Å². The molecule has 0 fully saturated rings. The Bertz CT molecular complexity index is 682. The van der Waals surface area contributed by atoms with Crippen molar-refractivity contribution in [1.29, 1.82) is 5.26 Å². The lowest BCUT2D eigenvalue weighted by atomic mass is 10.2. The van der Waals surface area contributed by atoms with Crippen LogP contribution >= 0.6 is 11.6 Å². The third kappa shape index (κ3) is 2.78. The third-order valence-corrected chi connectivity index (χ3v) is 2.48. The summed E-state index contributed by atoms with van der Waals surface area (Å²) in [4.78, 5) is 14.1. The molecule has 7 heteroatoms. The Morgan fingerprint density at radius 1 is 1.37 bits per heavy atom. The first-order chi connectivity index (χ1) is 9.11. The standard InChI is InChI=1S/C12H6ClN3O3/c13-9-1-2-10(16(17)18)11(5-9)19-12-7-15-4-3-8(12)6-14/h1-5,7H. The van der Waals surface area contributed by atoms with Crippen molar-refractivity contribution in [2.24, 2.45) is 0 Å². The number of ether oxygens (including phenoxy) is 1. The number of benzene rings is 1. The maximum absolute atomic E-state index is 10.9. The molecule has 0 saturated heterocycles. The quantitative estimate of drug-likeness (QED) is 0.633. The summed E-state index contributed by atoms with van der Waals surface area (Å²) in [5.74, 6) is 0.0948. The van der Waals surface area contributed by atoms with E-state index >= 15 is 0 Å². The lowest BCUT2D eigenvalue weighted by Gasteiger charge is -2.07. The van der Waals surface area contributed by atoms with Gasteiger partial charge in [-0.2, -0.15) is 5.26 Å². The van der Waals surface area contributed by atoms with Gasteiger partial charge in [0.15, 0.2) is 5.75 Å². The van der Waals surface area contributed by atoms with Crippen LogP contribution in [0, 0.1) is 21.4 Å². The maximum atomic E-state index is 10.9. The average Bonchev–Trinajstić information content (AvgIpc) is 2.39. The molecule has 2 rings (SSSR count). The number of hydrogen-bond donors (Lipinski definition) is 0. The molecular formula is C12H6ClN3O3.